The van der Waals surface area contributed by atoms with Gasteiger partial charge in [0, 0.05) is 65.8 Å². The van der Waals surface area contributed by atoms with E-state index in [0.29, 0.717) is 0 Å². The molecule has 0 saturated heterocycles. The van der Waals surface area contributed by atoms with E-state index in [9.17, 15) is 0 Å². The van der Waals surface area contributed by atoms with E-state index < -0.39 is 0 Å². The topological polar surface area (TPSA) is 19.7 Å². The highest BCUT2D eigenvalue weighted by Crippen LogP contribution is 2.47. The van der Waals surface area contributed by atoms with Crippen molar-refractivity contribution in [1.82, 2.24) is 18.3 Å². The number of para-hydroxylation sites is 6. The van der Waals surface area contributed by atoms with Crippen molar-refractivity contribution in [1.29, 1.82) is 0 Å². The molecule has 0 aliphatic rings. The lowest BCUT2D eigenvalue weighted by molar-refractivity contribution is 1.15. The molecule has 4 nitrogen and oxygen atoms in total. The molecular formula is C72H46N4. The second-order valence-corrected chi connectivity index (χ2v) is 20.0. The molecule has 0 aliphatic carbocycles. The molecule has 16 aromatic rings. The summed E-state index contributed by atoms with van der Waals surface area (Å²) in [5.74, 6) is 0. The predicted octanol–water partition coefficient (Wildman–Crippen LogP) is 19.1. The largest absolute Gasteiger partial charge is 0.307 e. The SMILES string of the molecule is c1ccc(-c2cc(-n3c4ccccc4c4ccc5c6ccccc6n(-c6ccccc6)c5c43)ccc2-c2ccc(-n3c4ccccc4c4ccc5c6ccccc6n(-c6ccccc6)c5c43)cc2-c2ccccc2)cc1. The van der Waals surface area contributed by atoms with Crippen molar-refractivity contribution in [2.45, 2.75) is 0 Å². The zero-order chi connectivity index (χ0) is 49.8. The molecule has 0 saturated carbocycles. The fourth-order valence-corrected chi connectivity index (χ4v) is 12.8. The molecule has 0 fully saturated rings. The van der Waals surface area contributed by atoms with Crippen molar-refractivity contribution < 1.29 is 0 Å². The third-order valence-electron chi connectivity index (χ3n) is 15.9. The molecule has 0 N–H and O–H groups in total. The van der Waals surface area contributed by atoms with E-state index in [1.807, 2.05) is 0 Å². The Labute approximate surface area is 438 Å². The monoisotopic (exact) mass is 966 g/mol. The van der Waals surface area contributed by atoms with Gasteiger partial charge in [0.2, 0.25) is 0 Å². The number of aromatic nitrogens is 4. The van der Waals surface area contributed by atoms with Gasteiger partial charge in [0.05, 0.1) is 44.1 Å². The molecule has 4 aromatic heterocycles. The molecule has 0 bridgehead atoms. The van der Waals surface area contributed by atoms with Gasteiger partial charge in [0.1, 0.15) is 0 Å². The van der Waals surface area contributed by atoms with Crippen molar-refractivity contribution in [2.75, 3.05) is 0 Å². The number of rotatable bonds is 7. The summed E-state index contributed by atoms with van der Waals surface area (Å²) in [5, 5.41) is 9.83. The molecule has 76 heavy (non-hydrogen) atoms. The Morgan fingerprint density at radius 3 is 0.750 bits per heavy atom. The number of fused-ring (bicyclic) bond motifs is 14. The van der Waals surface area contributed by atoms with E-state index in [0.717, 1.165) is 45.0 Å². The molecule has 0 aliphatic heterocycles. The van der Waals surface area contributed by atoms with Crippen LogP contribution in [0.25, 0.3) is 143 Å². The summed E-state index contributed by atoms with van der Waals surface area (Å²) >= 11 is 0. The maximum absolute atomic E-state index is 2.51. The Hall–Kier alpha value is -10.2. The lowest BCUT2D eigenvalue weighted by atomic mass is 9.88. The highest BCUT2D eigenvalue weighted by Gasteiger charge is 2.25. The zero-order valence-corrected chi connectivity index (χ0v) is 41.3. The minimum atomic E-state index is 1.10. The number of hydrogen-bond donors (Lipinski definition) is 0. The van der Waals surface area contributed by atoms with Crippen LogP contribution in [0, 0.1) is 0 Å². The summed E-state index contributed by atoms with van der Waals surface area (Å²) < 4.78 is 9.96. The predicted molar refractivity (Wildman–Crippen MR) is 320 cm³/mol. The van der Waals surface area contributed by atoms with E-state index in [4.69, 9.17) is 0 Å². The van der Waals surface area contributed by atoms with Gasteiger partial charge < -0.3 is 18.3 Å². The number of hydrogen-bond acceptors (Lipinski definition) is 0. The van der Waals surface area contributed by atoms with Crippen LogP contribution in [0.3, 0.4) is 0 Å². The highest BCUT2D eigenvalue weighted by atomic mass is 15.1. The third kappa shape index (κ3) is 6.19. The quantitative estimate of drug-likeness (QED) is 0.152. The molecule has 4 heteroatoms. The van der Waals surface area contributed by atoms with Crippen LogP contribution in [0.1, 0.15) is 0 Å². The Kier molecular flexibility index (Phi) is 9.30. The van der Waals surface area contributed by atoms with Crippen LogP contribution < -0.4 is 0 Å². The Morgan fingerprint density at radius 2 is 0.434 bits per heavy atom. The smallest absolute Gasteiger partial charge is 0.0788 e. The number of benzene rings is 12. The van der Waals surface area contributed by atoms with Gasteiger partial charge in [-0.15, -0.1) is 0 Å². The van der Waals surface area contributed by atoms with Gasteiger partial charge in [-0.2, -0.15) is 0 Å². The van der Waals surface area contributed by atoms with E-state index in [1.165, 1.54) is 98.4 Å². The van der Waals surface area contributed by atoms with Crippen LogP contribution in [0.5, 0.6) is 0 Å². The van der Waals surface area contributed by atoms with Gasteiger partial charge in [0.25, 0.3) is 0 Å². The van der Waals surface area contributed by atoms with Crippen molar-refractivity contribution >= 4 is 87.2 Å². The van der Waals surface area contributed by atoms with E-state index in [1.54, 1.807) is 0 Å². The van der Waals surface area contributed by atoms with Crippen molar-refractivity contribution in [2.24, 2.45) is 0 Å². The maximum Gasteiger partial charge on any atom is 0.0788 e. The van der Waals surface area contributed by atoms with Gasteiger partial charge in [0.15, 0.2) is 0 Å². The normalized spacial score (nSPS) is 11.9. The molecule has 12 aromatic carbocycles. The average Bonchev–Trinajstić information content (AvgIpc) is 4.39. The maximum atomic E-state index is 2.51. The van der Waals surface area contributed by atoms with E-state index in [-0.39, 0.29) is 0 Å². The van der Waals surface area contributed by atoms with Gasteiger partial charge in [-0.1, -0.05) is 206 Å². The Morgan fingerprint density at radius 1 is 0.171 bits per heavy atom. The van der Waals surface area contributed by atoms with Gasteiger partial charge >= 0.3 is 0 Å². The highest BCUT2D eigenvalue weighted by molar-refractivity contribution is 6.25. The second kappa shape index (κ2) is 16.7. The fraction of sp³-hybridized carbons (Fsp3) is 0. The Bertz CT molecular complexity index is 4640. The molecule has 16 rings (SSSR count). The first kappa shape index (κ1) is 42.4. The summed E-state index contributed by atoms with van der Waals surface area (Å²) in [5.41, 5.74) is 20.9. The van der Waals surface area contributed by atoms with E-state index >= 15 is 0 Å². The van der Waals surface area contributed by atoms with Crippen LogP contribution in [0.2, 0.25) is 0 Å². The first-order valence-corrected chi connectivity index (χ1v) is 26.2. The summed E-state index contributed by atoms with van der Waals surface area (Å²) in [6.07, 6.45) is 0. The van der Waals surface area contributed by atoms with Crippen LogP contribution in [0.15, 0.2) is 279 Å². The first-order valence-electron chi connectivity index (χ1n) is 26.2. The van der Waals surface area contributed by atoms with E-state index in [2.05, 4.69) is 297 Å². The molecule has 0 radical (unpaired) electrons. The second-order valence-electron chi connectivity index (χ2n) is 20.0. The summed E-state index contributed by atoms with van der Waals surface area (Å²) in [7, 11) is 0. The van der Waals surface area contributed by atoms with Crippen LogP contribution in [-0.4, -0.2) is 18.3 Å². The molecule has 4 heterocycles. The standard InChI is InChI=1S/C72H46N4/c1-5-21-47(22-6-1)63-45-51(75-67-35-19-15-31-57(67)61-43-41-59-55-29-13-17-33-65(55)73(69(59)71(61)75)49-25-9-3-10-26-49)37-39-53(63)54-40-38-52(46-64(54)48-23-7-2-8-24-48)76-68-36-20-16-32-58(68)62-44-42-60-56-30-14-18-34-66(56)74(70(60)72(62)76)50-27-11-4-12-28-50/h1-46H. The molecule has 0 amide bonds. The van der Waals surface area contributed by atoms with Gasteiger partial charge in [-0.05, 0) is 106 Å². The minimum Gasteiger partial charge on any atom is -0.307 e. The number of nitrogens with zero attached hydrogens (tertiary/aromatic N) is 4. The lowest BCUT2D eigenvalue weighted by Crippen LogP contribution is -2.01. The summed E-state index contributed by atoms with van der Waals surface area (Å²) in [4.78, 5) is 0. The average molecular weight is 967 g/mol. The molecule has 354 valence electrons. The Balaban J connectivity index is 0.974. The first-order chi connectivity index (χ1) is 37.8. The van der Waals surface area contributed by atoms with Crippen molar-refractivity contribution in [3.05, 3.63) is 279 Å². The van der Waals surface area contributed by atoms with Crippen LogP contribution in [-0.2, 0) is 0 Å². The van der Waals surface area contributed by atoms with Crippen LogP contribution >= 0.6 is 0 Å². The fourth-order valence-electron chi connectivity index (χ4n) is 12.8. The molecule has 0 atom stereocenters. The minimum absolute atomic E-state index is 1.10. The van der Waals surface area contributed by atoms with Gasteiger partial charge in [-0.25, -0.2) is 0 Å². The molecule has 0 unspecified atom stereocenters. The lowest BCUT2D eigenvalue weighted by Gasteiger charge is -2.20. The zero-order valence-electron chi connectivity index (χ0n) is 41.3. The van der Waals surface area contributed by atoms with Crippen molar-refractivity contribution in [3.8, 4) is 56.1 Å². The third-order valence-corrected chi connectivity index (χ3v) is 15.9. The summed E-state index contributed by atoms with van der Waals surface area (Å²) in [6.45, 7) is 0. The molecular weight excluding hydrogens is 921 g/mol. The molecule has 0 spiro atoms. The van der Waals surface area contributed by atoms with Crippen LogP contribution in [0.4, 0.5) is 0 Å². The van der Waals surface area contributed by atoms with Crippen molar-refractivity contribution in [3.63, 3.8) is 0 Å². The summed E-state index contributed by atoms with van der Waals surface area (Å²) in [6, 6.07) is 103. The van der Waals surface area contributed by atoms with Gasteiger partial charge in [-0.3, -0.25) is 0 Å².